The van der Waals surface area contributed by atoms with Crippen molar-refractivity contribution in [2.45, 2.75) is 0 Å². The highest BCUT2D eigenvalue weighted by atomic mass is 32.1. The van der Waals surface area contributed by atoms with Gasteiger partial charge in [-0.2, -0.15) is 4.98 Å². The highest BCUT2D eigenvalue weighted by Crippen LogP contribution is 2.29. The third-order valence-corrected chi connectivity index (χ3v) is 4.79. The Bertz CT molecular complexity index is 1190. The second-order valence-corrected chi connectivity index (χ2v) is 6.60. The van der Waals surface area contributed by atoms with Gasteiger partial charge in [-0.05, 0) is 41.5 Å². The van der Waals surface area contributed by atoms with Crippen LogP contribution in [0.4, 0.5) is 11.1 Å². The molecule has 3 heterocycles. The molecular formula is C18H13N5OS. The van der Waals surface area contributed by atoms with Gasteiger partial charge in [0.05, 0.1) is 0 Å². The molecule has 3 aromatic heterocycles. The predicted octanol–water partition coefficient (Wildman–Crippen LogP) is 4.58. The molecule has 0 aliphatic rings. The van der Waals surface area contributed by atoms with Crippen LogP contribution >= 0.6 is 11.3 Å². The van der Waals surface area contributed by atoms with E-state index in [-0.39, 0.29) is 0 Å². The second kappa shape index (κ2) is 5.42. The lowest BCUT2D eigenvalue weighted by atomic mass is 10.0. The molecule has 0 bridgehead atoms. The Morgan fingerprint density at radius 2 is 1.96 bits per heavy atom. The van der Waals surface area contributed by atoms with Gasteiger partial charge in [-0.25, -0.2) is 0 Å². The van der Waals surface area contributed by atoms with Gasteiger partial charge in [0, 0.05) is 24.1 Å². The molecule has 0 atom stereocenters. The predicted molar refractivity (Wildman–Crippen MR) is 99.1 cm³/mol. The van der Waals surface area contributed by atoms with E-state index in [1.54, 1.807) is 5.51 Å². The Morgan fingerprint density at radius 3 is 2.84 bits per heavy atom. The van der Waals surface area contributed by atoms with Crippen LogP contribution in [0.1, 0.15) is 0 Å². The van der Waals surface area contributed by atoms with Gasteiger partial charge >= 0.3 is 6.01 Å². The first kappa shape index (κ1) is 14.2. The van der Waals surface area contributed by atoms with Gasteiger partial charge < -0.3 is 8.98 Å². The first-order valence-electron chi connectivity index (χ1n) is 7.75. The van der Waals surface area contributed by atoms with E-state index in [0.717, 1.165) is 22.2 Å². The molecular weight excluding hydrogens is 334 g/mol. The van der Waals surface area contributed by atoms with Gasteiger partial charge in [0.25, 0.3) is 0 Å². The molecule has 1 N–H and O–H groups in total. The third-order valence-electron chi connectivity index (χ3n) is 4.18. The first-order chi connectivity index (χ1) is 12.3. The molecule has 0 radical (unpaired) electrons. The summed E-state index contributed by atoms with van der Waals surface area (Å²) in [6, 6.07) is 15.0. The van der Waals surface area contributed by atoms with Gasteiger partial charge in [0.15, 0.2) is 5.58 Å². The number of fused-ring (bicyclic) bond motifs is 2. The Morgan fingerprint density at radius 1 is 1.08 bits per heavy atom. The fourth-order valence-corrected chi connectivity index (χ4v) is 3.38. The van der Waals surface area contributed by atoms with Crippen LogP contribution in [-0.2, 0) is 7.05 Å². The largest absolute Gasteiger partial charge is 0.423 e. The van der Waals surface area contributed by atoms with Crippen molar-refractivity contribution in [3.8, 4) is 11.1 Å². The summed E-state index contributed by atoms with van der Waals surface area (Å²) in [6.07, 6.45) is 2.07. The molecule has 25 heavy (non-hydrogen) atoms. The summed E-state index contributed by atoms with van der Waals surface area (Å²) in [4.78, 5) is 4.50. The van der Waals surface area contributed by atoms with Crippen LogP contribution < -0.4 is 5.32 Å². The molecule has 5 aromatic rings. The van der Waals surface area contributed by atoms with Gasteiger partial charge in [-0.15, -0.1) is 10.2 Å². The fraction of sp³-hybridized carbons (Fsp3) is 0.0556. The zero-order valence-corrected chi connectivity index (χ0v) is 14.1. The van der Waals surface area contributed by atoms with E-state index in [1.165, 1.54) is 22.2 Å². The Kier molecular flexibility index (Phi) is 3.07. The molecule has 6 nitrogen and oxygen atoms in total. The smallest absolute Gasteiger partial charge is 0.302 e. The number of rotatable bonds is 3. The summed E-state index contributed by atoms with van der Waals surface area (Å²) < 4.78 is 7.84. The minimum absolute atomic E-state index is 0.419. The van der Waals surface area contributed by atoms with E-state index in [2.05, 4.69) is 62.6 Å². The molecule has 0 spiro atoms. The van der Waals surface area contributed by atoms with Crippen molar-refractivity contribution in [2.75, 3.05) is 5.32 Å². The molecule has 0 fully saturated rings. The molecule has 7 heteroatoms. The lowest BCUT2D eigenvalue weighted by molar-refractivity contribution is 0.622. The van der Waals surface area contributed by atoms with E-state index in [9.17, 15) is 0 Å². The highest BCUT2D eigenvalue weighted by molar-refractivity contribution is 7.13. The quantitative estimate of drug-likeness (QED) is 0.517. The molecule has 2 aromatic carbocycles. The Balaban J connectivity index is 1.54. The lowest BCUT2D eigenvalue weighted by Gasteiger charge is -2.03. The average molecular weight is 347 g/mol. The second-order valence-electron chi connectivity index (χ2n) is 5.77. The third kappa shape index (κ3) is 2.45. The van der Waals surface area contributed by atoms with Crippen LogP contribution in [-0.4, -0.2) is 19.7 Å². The summed E-state index contributed by atoms with van der Waals surface area (Å²) in [5.41, 5.74) is 6.67. The maximum atomic E-state index is 5.72. The number of anilines is 2. The molecule has 0 saturated heterocycles. The van der Waals surface area contributed by atoms with Crippen molar-refractivity contribution in [3.63, 3.8) is 0 Å². The van der Waals surface area contributed by atoms with Crippen molar-refractivity contribution in [1.82, 2.24) is 19.7 Å². The minimum atomic E-state index is 0.419. The van der Waals surface area contributed by atoms with Crippen LogP contribution in [0.25, 0.3) is 33.1 Å². The highest BCUT2D eigenvalue weighted by Gasteiger charge is 2.09. The van der Waals surface area contributed by atoms with Gasteiger partial charge in [-0.1, -0.05) is 23.5 Å². The molecule has 0 amide bonds. The summed E-state index contributed by atoms with van der Waals surface area (Å²) in [7, 11) is 2.05. The zero-order chi connectivity index (χ0) is 16.8. The average Bonchev–Trinajstić information content (AvgIpc) is 3.35. The first-order valence-corrected chi connectivity index (χ1v) is 8.63. The molecule has 0 aliphatic heterocycles. The summed E-state index contributed by atoms with van der Waals surface area (Å²) >= 11 is 1.40. The Labute approximate surface area is 146 Å². The van der Waals surface area contributed by atoms with Gasteiger partial charge in [-0.3, -0.25) is 5.32 Å². The number of nitrogens with zero attached hydrogens (tertiary/aromatic N) is 4. The standard InChI is InChI=1S/C18H13N5OS/c1-23-7-6-13-8-11(2-4-15(13)23)12-3-5-16-14(9-12)20-17(24-16)21-18-22-19-10-25-18/h2-10H,1H3,(H,20,21,22). The number of aryl methyl sites for hydroxylation is 1. The number of hydrogen-bond donors (Lipinski definition) is 1. The maximum Gasteiger partial charge on any atom is 0.302 e. The monoisotopic (exact) mass is 347 g/mol. The summed E-state index contributed by atoms with van der Waals surface area (Å²) in [5, 5.41) is 12.6. The molecule has 122 valence electrons. The van der Waals surface area contributed by atoms with E-state index in [1.807, 2.05) is 18.2 Å². The van der Waals surface area contributed by atoms with Crippen molar-refractivity contribution < 1.29 is 4.42 Å². The number of aromatic nitrogens is 4. The van der Waals surface area contributed by atoms with Crippen molar-refractivity contribution in [1.29, 1.82) is 0 Å². The topological polar surface area (TPSA) is 68.8 Å². The van der Waals surface area contributed by atoms with Crippen LogP contribution in [0.2, 0.25) is 0 Å². The number of nitrogens with one attached hydrogen (secondary N) is 1. The van der Waals surface area contributed by atoms with E-state index in [0.29, 0.717) is 11.1 Å². The number of hydrogen-bond acceptors (Lipinski definition) is 6. The van der Waals surface area contributed by atoms with Crippen molar-refractivity contribution in [3.05, 3.63) is 54.2 Å². The van der Waals surface area contributed by atoms with Crippen molar-refractivity contribution in [2.24, 2.45) is 7.05 Å². The number of oxazole rings is 1. The van der Waals surface area contributed by atoms with Crippen LogP contribution in [0, 0.1) is 0 Å². The lowest BCUT2D eigenvalue weighted by Crippen LogP contribution is -1.88. The van der Waals surface area contributed by atoms with Crippen LogP contribution in [0.3, 0.4) is 0 Å². The van der Waals surface area contributed by atoms with E-state index in [4.69, 9.17) is 4.42 Å². The number of benzene rings is 2. The van der Waals surface area contributed by atoms with Gasteiger partial charge in [0.2, 0.25) is 5.13 Å². The summed E-state index contributed by atoms with van der Waals surface area (Å²) in [6.45, 7) is 0. The fourth-order valence-electron chi connectivity index (χ4n) is 2.94. The van der Waals surface area contributed by atoms with E-state index >= 15 is 0 Å². The SMILES string of the molecule is Cn1ccc2cc(-c3ccc4oc(Nc5nncs5)nc4c3)ccc21. The van der Waals surface area contributed by atoms with Crippen LogP contribution in [0.15, 0.2) is 58.6 Å². The normalized spacial score (nSPS) is 11.4. The molecule has 0 aliphatic carbocycles. The maximum absolute atomic E-state index is 5.72. The summed E-state index contributed by atoms with van der Waals surface area (Å²) in [5.74, 6) is 0. The Hall–Kier alpha value is -3.19. The van der Waals surface area contributed by atoms with Crippen LogP contribution in [0.5, 0.6) is 0 Å². The van der Waals surface area contributed by atoms with E-state index < -0.39 is 0 Å². The molecule has 5 rings (SSSR count). The van der Waals surface area contributed by atoms with Crippen molar-refractivity contribution >= 4 is 44.5 Å². The molecule has 0 unspecified atom stereocenters. The van der Waals surface area contributed by atoms with Gasteiger partial charge in [0.1, 0.15) is 11.0 Å². The molecule has 0 saturated carbocycles. The minimum Gasteiger partial charge on any atom is -0.423 e. The zero-order valence-electron chi connectivity index (χ0n) is 13.3.